The minimum absolute atomic E-state index is 0.239. The molecule has 0 fully saturated rings. The van der Waals surface area contributed by atoms with E-state index in [9.17, 15) is 4.39 Å². The number of nitrogens with zero attached hydrogens (tertiary/aromatic N) is 2. The van der Waals surface area contributed by atoms with Gasteiger partial charge in [0.05, 0.1) is 5.56 Å². The Morgan fingerprint density at radius 1 is 1.00 bits per heavy atom. The Morgan fingerprint density at radius 3 is 2.29 bits per heavy atom. The number of hydrogen-bond acceptors (Lipinski definition) is 2. The first kappa shape index (κ1) is 11.3. The van der Waals surface area contributed by atoms with Crippen molar-refractivity contribution < 1.29 is 4.39 Å². The van der Waals surface area contributed by atoms with Gasteiger partial charge in [-0.1, -0.05) is 17.9 Å². The Kier molecular flexibility index (Phi) is 3.15. The number of benzene rings is 1. The molecule has 2 nitrogen and oxygen atoms in total. The highest BCUT2D eigenvalue weighted by molar-refractivity contribution is 5.42. The van der Waals surface area contributed by atoms with Crippen LogP contribution >= 0.6 is 0 Å². The molecule has 0 aliphatic carbocycles. The van der Waals surface area contributed by atoms with E-state index < -0.39 is 0 Å². The van der Waals surface area contributed by atoms with Crippen molar-refractivity contribution in [1.29, 1.82) is 0 Å². The normalized spacial score (nSPS) is 9.59. The van der Waals surface area contributed by atoms with Crippen LogP contribution < -0.4 is 0 Å². The molecule has 0 saturated heterocycles. The van der Waals surface area contributed by atoms with Crippen molar-refractivity contribution in [2.45, 2.75) is 13.8 Å². The highest BCUT2D eigenvalue weighted by atomic mass is 19.1. The number of aryl methyl sites for hydroxylation is 2. The monoisotopic (exact) mass is 226 g/mol. The third kappa shape index (κ3) is 2.88. The Hall–Kier alpha value is -2.21. The van der Waals surface area contributed by atoms with Crippen molar-refractivity contribution in [3.8, 4) is 11.8 Å². The standard InChI is InChI=1S/C14H11FN2/c1-10-3-4-12(7-14(10)15)5-6-13-8-16-11(2)17-9-13/h3-4,7-9H,1-2H3. The fourth-order valence-electron chi connectivity index (χ4n) is 1.27. The largest absolute Gasteiger partial charge is 0.240 e. The molecule has 1 aromatic heterocycles. The Balaban J connectivity index is 2.26. The van der Waals surface area contributed by atoms with Crippen LogP contribution in [0.3, 0.4) is 0 Å². The third-order valence-electron chi connectivity index (χ3n) is 2.30. The molecule has 0 saturated carbocycles. The molecule has 17 heavy (non-hydrogen) atoms. The molecule has 2 rings (SSSR count). The first-order valence-electron chi connectivity index (χ1n) is 5.22. The molecular formula is C14H11FN2. The Bertz CT molecular complexity index is 592. The first-order chi connectivity index (χ1) is 8.15. The molecule has 2 aromatic rings. The van der Waals surface area contributed by atoms with Crippen molar-refractivity contribution in [3.63, 3.8) is 0 Å². The Morgan fingerprint density at radius 2 is 1.65 bits per heavy atom. The molecule has 1 heterocycles. The molecule has 0 unspecified atom stereocenters. The summed E-state index contributed by atoms with van der Waals surface area (Å²) in [5, 5.41) is 0. The topological polar surface area (TPSA) is 25.8 Å². The summed E-state index contributed by atoms with van der Waals surface area (Å²) in [4.78, 5) is 8.07. The zero-order valence-electron chi connectivity index (χ0n) is 9.66. The van der Waals surface area contributed by atoms with Gasteiger partial charge < -0.3 is 0 Å². The molecule has 0 spiro atoms. The van der Waals surface area contributed by atoms with E-state index in [2.05, 4.69) is 21.8 Å². The molecule has 3 heteroatoms. The van der Waals surface area contributed by atoms with Crippen LogP contribution in [0.15, 0.2) is 30.6 Å². The zero-order valence-corrected chi connectivity index (χ0v) is 9.66. The van der Waals surface area contributed by atoms with Gasteiger partial charge >= 0.3 is 0 Å². The average Bonchev–Trinajstić information content (AvgIpc) is 2.33. The lowest BCUT2D eigenvalue weighted by Crippen LogP contribution is -1.87. The number of halogens is 1. The lowest BCUT2D eigenvalue weighted by molar-refractivity contribution is 0.618. The van der Waals surface area contributed by atoms with Crippen LogP contribution in [0, 0.1) is 31.5 Å². The minimum atomic E-state index is -0.239. The van der Waals surface area contributed by atoms with Gasteiger partial charge in [0.15, 0.2) is 0 Å². The lowest BCUT2D eigenvalue weighted by Gasteiger charge is -1.95. The highest BCUT2D eigenvalue weighted by Crippen LogP contribution is 2.08. The van der Waals surface area contributed by atoms with E-state index in [1.807, 2.05) is 6.92 Å². The maximum Gasteiger partial charge on any atom is 0.127 e. The summed E-state index contributed by atoms with van der Waals surface area (Å²) in [6.45, 7) is 3.53. The smallest absolute Gasteiger partial charge is 0.127 e. The van der Waals surface area contributed by atoms with Crippen molar-refractivity contribution in [3.05, 3.63) is 58.9 Å². The number of aromatic nitrogens is 2. The second-order valence-electron chi connectivity index (χ2n) is 3.73. The van der Waals surface area contributed by atoms with Gasteiger partial charge in [-0.05, 0) is 31.5 Å². The van der Waals surface area contributed by atoms with Crippen LogP contribution in [-0.4, -0.2) is 9.97 Å². The molecular weight excluding hydrogens is 215 g/mol. The van der Waals surface area contributed by atoms with Crippen molar-refractivity contribution in [1.82, 2.24) is 9.97 Å². The van der Waals surface area contributed by atoms with Gasteiger partial charge in [0.25, 0.3) is 0 Å². The van der Waals surface area contributed by atoms with E-state index in [1.54, 1.807) is 31.5 Å². The van der Waals surface area contributed by atoms with Crippen LogP contribution in [0.4, 0.5) is 4.39 Å². The van der Waals surface area contributed by atoms with Crippen molar-refractivity contribution in [2.24, 2.45) is 0 Å². The number of hydrogen-bond donors (Lipinski definition) is 0. The number of rotatable bonds is 0. The summed E-state index contributed by atoms with van der Waals surface area (Å²) >= 11 is 0. The molecule has 0 bridgehead atoms. The second-order valence-corrected chi connectivity index (χ2v) is 3.73. The van der Waals surface area contributed by atoms with Gasteiger partial charge in [0.2, 0.25) is 0 Å². The predicted octanol–water partition coefficient (Wildman–Crippen LogP) is 2.63. The molecule has 0 atom stereocenters. The highest BCUT2D eigenvalue weighted by Gasteiger charge is 1.96. The van der Waals surface area contributed by atoms with Gasteiger partial charge in [0.1, 0.15) is 11.6 Å². The minimum Gasteiger partial charge on any atom is -0.240 e. The van der Waals surface area contributed by atoms with E-state index in [4.69, 9.17) is 0 Å². The molecule has 0 aliphatic heterocycles. The maximum absolute atomic E-state index is 13.3. The summed E-state index contributed by atoms with van der Waals surface area (Å²) in [7, 11) is 0. The fourth-order valence-corrected chi connectivity index (χ4v) is 1.27. The third-order valence-corrected chi connectivity index (χ3v) is 2.30. The molecule has 84 valence electrons. The molecule has 0 radical (unpaired) electrons. The first-order valence-corrected chi connectivity index (χ1v) is 5.22. The SMILES string of the molecule is Cc1ncc(C#Cc2ccc(C)c(F)c2)cn1. The van der Waals surface area contributed by atoms with Crippen molar-refractivity contribution >= 4 is 0 Å². The zero-order chi connectivity index (χ0) is 12.3. The van der Waals surface area contributed by atoms with E-state index in [-0.39, 0.29) is 5.82 Å². The van der Waals surface area contributed by atoms with E-state index in [0.717, 1.165) is 5.56 Å². The molecule has 1 aromatic carbocycles. The summed E-state index contributed by atoms with van der Waals surface area (Å²) < 4.78 is 13.3. The van der Waals surface area contributed by atoms with Gasteiger partial charge in [0, 0.05) is 18.0 Å². The fraction of sp³-hybridized carbons (Fsp3) is 0.143. The van der Waals surface area contributed by atoms with E-state index in [0.29, 0.717) is 17.0 Å². The average molecular weight is 226 g/mol. The van der Waals surface area contributed by atoms with Gasteiger partial charge in [-0.25, -0.2) is 14.4 Å². The summed E-state index contributed by atoms with van der Waals surface area (Å²) in [6.07, 6.45) is 3.31. The van der Waals surface area contributed by atoms with E-state index >= 15 is 0 Å². The summed E-state index contributed by atoms with van der Waals surface area (Å²) in [6, 6.07) is 4.93. The van der Waals surface area contributed by atoms with Crippen molar-refractivity contribution in [2.75, 3.05) is 0 Å². The predicted molar refractivity (Wildman–Crippen MR) is 63.9 cm³/mol. The van der Waals surface area contributed by atoms with Gasteiger partial charge in [-0.3, -0.25) is 0 Å². The van der Waals surface area contributed by atoms with E-state index in [1.165, 1.54) is 6.07 Å². The lowest BCUT2D eigenvalue weighted by atomic mass is 10.1. The molecule has 0 aliphatic rings. The Labute approximate surface area is 99.6 Å². The van der Waals surface area contributed by atoms with Gasteiger partial charge in [-0.15, -0.1) is 0 Å². The van der Waals surface area contributed by atoms with Crippen LogP contribution in [0.25, 0.3) is 0 Å². The van der Waals surface area contributed by atoms with Gasteiger partial charge in [-0.2, -0.15) is 0 Å². The van der Waals surface area contributed by atoms with Crippen LogP contribution in [-0.2, 0) is 0 Å². The molecule has 0 N–H and O–H groups in total. The molecule has 0 amide bonds. The van der Waals surface area contributed by atoms with Crippen LogP contribution in [0.5, 0.6) is 0 Å². The van der Waals surface area contributed by atoms with Crippen LogP contribution in [0.1, 0.15) is 22.5 Å². The summed E-state index contributed by atoms with van der Waals surface area (Å²) in [5.74, 6) is 6.24. The quantitative estimate of drug-likeness (QED) is 0.645. The second kappa shape index (κ2) is 4.75. The summed E-state index contributed by atoms with van der Waals surface area (Å²) in [5.41, 5.74) is 1.99. The van der Waals surface area contributed by atoms with Crippen LogP contribution in [0.2, 0.25) is 0 Å². The maximum atomic E-state index is 13.3.